The van der Waals surface area contributed by atoms with Crippen molar-refractivity contribution in [3.8, 4) is 11.5 Å². The number of anilines is 1. The minimum atomic E-state index is -1.06. The van der Waals surface area contributed by atoms with Gasteiger partial charge in [0.05, 0.1) is 11.8 Å². The number of aromatic carboxylic acids is 1. The Labute approximate surface area is 104 Å². The Hall–Kier alpha value is -2.56. The van der Waals surface area contributed by atoms with Gasteiger partial charge in [-0.3, -0.25) is 4.98 Å². The molecule has 2 rings (SSSR count). The second kappa shape index (κ2) is 4.75. The fourth-order valence-electron chi connectivity index (χ4n) is 1.45. The molecule has 0 unspecified atom stereocenters. The van der Waals surface area contributed by atoms with Crippen molar-refractivity contribution in [1.29, 1.82) is 0 Å². The Morgan fingerprint density at radius 2 is 2.00 bits per heavy atom. The van der Waals surface area contributed by atoms with Crippen LogP contribution in [-0.4, -0.2) is 16.1 Å². The molecule has 5 heteroatoms. The number of aryl methyl sites for hydroxylation is 1. The number of hydrogen-bond acceptors (Lipinski definition) is 4. The third-order valence-corrected chi connectivity index (χ3v) is 2.37. The Morgan fingerprint density at radius 3 is 2.56 bits per heavy atom. The van der Waals surface area contributed by atoms with Gasteiger partial charge >= 0.3 is 5.97 Å². The van der Waals surface area contributed by atoms with Crippen molar-refractivity contribution in [2.24, 2.45) is 0 Å². The summed E-state index contributed by atoms with van der Waals surface area (Å²) in [6.45, 7) is 1.88. The molecule has 1 heterocycles. The van der Waals surface area contributed by atoms with Gasteiger partial charge in [-0.25, -0.2) is 4.79 Å². The van der Waals surface area contributed by atoms with Crippen molar-refractivity contribution in [2.75, 3.05) is 5.73 Å². The molecule has 0 spiro atoms. The van der Waals surface area contributed by atoms with E-state index in [9.17, 15) is 4.79 Å². The molecular formula is C13H12N2O3. The molecule has 0 amide bonds. The van der Waals surface area contributed by atoms with Crippen molar-refractivity contribution in [3.05, 3.63) is 47.8 Å². The van der Waals surface area contributed by atoms with Crippen LogP contribution in [0.1, 0.15) is 16.1 Å². The summed E-state index contributed by atoms with van der Waals surface area (Å²) in [5.74, 6) is -0.0118. The second-order valence-electron chi connectivity index (χ2n) is 3.79. The summed E-state index contributed by atoms with van der Waals surface area (Å²) in [5, 5.41) is 8.85. The Kier molecular flexibility index (Phi) is 3.14. The smallest absolute Gasteiger partial charge is 0.337 e. The molecule has 0 bridgehead atoms. The lowest BCUT2D eigenvalue weighted by Crippen LogP contribution is -2.02. The maximum Gasteiger partial charge on any atom is 0.337 e. The van der Waals surface area contributed by atoms with E-state index in [-0.39, 0.29) is 11.3 Å². The quantitative estimate of drug-likeness (QED) is 0.810. The molecule has 18 heavy (non-hydrogen) atoms. The normalized spacial score (nSPS) is 10.1. The molecule has 92 valence electrons. The third kappa shape index (κ3) is 2.57. The van der Waals surface area contributed by atoms with Crippen LogP contribution in [0.5, 0.6) is 11.5 Å². The first-order chi connectivity index (χ1) is 8.56. The largest absolute Gasteiger partial charge is 0.478 e. The number of rotatable bonds is 3. The number of nitrogens with two attached hydrogens (primary N) is 1. The average Bonchev–Trinajstić information content (AvgIpc) is 2.32. The van der Waals surface area contributed by atoms with Crippen molar-refractivity contribution in [2.45, 2.75) is 6.92 Å². The molecule has 0 saturated carbocycles. The maximum atomic E-state index is 10.8. The van der Waals surface area contributed by atoms with E-state index in [1.807, 2.05) is 13.0 Å². The predicted octanol–water partition coefficient (Wildman–Crippen LogP) is 2.46. The van der Waals surface area contributed by atoms with Gasteiger partial charge in [-0.1, -0.05) is 0 Å². The van der Waals surface area contributed by atoms with E-state index in [0.717, 1.165) is 5.69 Å². The van der Waals surface area contributed by atoms with E-state index in [2.05, 4.69) is 4.98 Å². The molecule has 5 nitrogen and oxygen atoms in total. The van der Waals surface area contributed by atoms with Gasteiger partial charge in [-0.05, 0) is 31.2 Å². The van der Waals surface area contributed by atoms with Crippen molar-refractivity contribution < 1.29 is 14.6 Å². The standard InChI is InChI=1S/C13H12N2O3/c1-8-2-3-10(7-15-8)18-9-4-5-11(13(16)17)12(14)6-9/h2-7H,14H2,1H3,(H,16,17). The number of hydrogen-bond donors (Lipinski definition) is 2. The number of carboxylic acids is 1. The summed E-state index contributed by atoms with van der Waals surface area (Å²) in [4.78, 5) is 14.9. The average molecular weight is 244 g/mol. The van der Waals surface area contributed by atoms with Crippen LogP contribution in [0.15, 0.2) is 36.5 Å². The molecule has 0 fully saturated rings. The molecule has 0 radical (unpaired) electrons. The summed E-state index contributed by atoms with van der Waals surface area (Å²) in [6.07, 6.45) is 1.59. The molecule has 1 aromatic heterocycles. The van der Waals surface area contributed by atoms with Gasteiger partial charge in [0.25, 0.3) is 0 Å². The highest BCUT2D eigenvalue weighted by Crippen LogP contribution is 2.24. The van der Waals surface area contributed by atoms with Gasteiger partial charge < -0.3 is 15.6 Å². The van der Waals surface area contributed by atoms with Crippen LogP contribution in [0.3, 0.4) is 0 Å². The molecule has 0 aliphatic heterocycles. The molecule has 0 aliphatic carbocycles. The third-order valence-electron chi connectivity index (χ3n) is 2.37. The van der Waals surface area contributed by atoms with E-state index < -0.39 is 5.97 Å². The number of pyridine rings is 1. The Bertz CT molecular complexity index is 579. The highest BCUT2D eigenvalue weighted by molar-refractivity contribution is 5.93. The van der Waals surface area contributed by atoms with Gasteiger partial charge in [-0.15, -0.1) is 0 Å². The topological polar surface area (TPSA) is 85.4 Å². The molecule has 0 atom stereocenters. The second-order valence-corrected chi connectivity index (χ2v) is 3.79. The fraction of sp³-hybridized carbons (Fsp3) is 0.0769. The van der Waals surface area contributed by atoms with Crippen molar-refractivity contribution in [3.63, 3.8) is 0 Å². The first-order valence-corrected chi connectivity index (χ1v) is 5.29. The van der Waals surface area contributed by atoms with Crippen LogP contribution >= 0.6 is 0 Å². The highest BCUT2D eigenvalue weighted by atomic mass is 16.5. The molecule has 3 N–H and O–H groups in total. The fourth-order valence-corrected chi connectivity index (χ4v) is 1.45. The summed E-state index contributed by atoms with van der Waals surface area (Å²) in [7, 11) is 0. The van der Waals surface area contributed by atoms with Crippen LogP contribution in [0.25, 0.3) is 0 Å². The lowest BCUT2D eigenvalue weighted by atomic mass is 10.2. The summed E-state index contributed by atoms with van der Waals surface area (Å²) in [5.41, 5.74) is 6.74. The van der Waals surface area contributed by atoms with Gasteiger partial charge in [-0.2, -0.15) is 0 Å². The van der Waals surface area contributed by atoms with Crippen molar-refractivity contribution >= 4 is 11.7 Å². The zero-order valence-electron chi connectivity index (χ0n) is 9.75. The number of carbonyl (C=O) groups is 1. The number of carboxylic acid groups (broad SMARTS) is 1. The lowest BCUT2D eigenvalue weighted by molar-refractivity contribution is 0.0698. The van der Waals surface area contributed by atoms with E-state index in [0.29, 0.717) is 11.5 Å². The van der Waals surface area contributed by atoms with Gasteiger partial charge in [0, 0.05) is 17.4 Å². The first kappa shape index (κ1) is 11.9. The number of aromatic nitrogens is 1. The zero-order chi connectivity index (χ0) is 13.1. The SMILES string of the molecule is Cc1ccc(Oc2ccc(C(=O)O)c(N)c2)cn1. The van der Waals surface area contributed by atoms with E-state index in [1.54, 1.807) is 18.3 Å². The van der Waals surface area contributed by atoms with Crippen LogP contribution in [0, 0.1) is 6.92 Å². The lowest BCUT2D eigenvalue weighted by Gasteiger charge is -2.07. The van der Waals surface area contributed by atoms with Crippen LogP contribution in [-0.2, 0) is 0 Å². The van der Waals surface area contributed by atoms with Gasteiger partial charge in [0.2, 0.25) is 0 Å². The van der Waals surface area contributed by atoms with E-state index in [1.165, 1.54) is 12.1 Å². The van der Waals surface area contributed by atoms with Gasteiger partial charge in [0.1, 0.15) is 11.5 Å². The van der Waals surface area contributed by atoms with Gasteiger partial charge in [0.15, 0.2) is 0 Å². The number of nitrogens with zero attached hydrogens (tertiary/aromatic N) is 1. The predicted molar refractivity (Wildman–Crippen MR) is 66.9 cm³/mol. The highest BCUT2D eigenvalue weighted by Gasteiger charge is 2.08. The zero-order valence-corrected chi connectivity index (χ0v) is 9.75. The number of nitrogen functional groups attached to an aromatic ring is 1. The minimum absolute atomic E-state index is 0.0596. The van der Waals surface area contributed by atoms with Crippen LogP contribution < -0.4 is 10.5 Å². The first-order valence-electron chi connectivity index (χ1n) is 5.29. The summed E-state index contributed by atoms with van der Waals surface area (Å²) >= 11 is 0. The molecular weight excluding hydrogens is 232 g/mol. The van der Waals surface area contributed by atoms with Crippen molar-refractivity contribution in [1.82, 2.24) is 4.98 Å². The number of benzene rings is 1. The molecule has 0 saturated heterocycles. The van der Waals surface area contributed by atoms with E-state index in [4.69, 9.17) is 15.6 Å². The molecule has 0 aliphatic rings. The minimum Gasteiger partial charge on any atom is -0.478 e. The number of ether oxygens (including phenoxy) is 1. The van der Waals surface area contributed by atoms with Crippen LogP contribution in [0.2, 0.25) is 0 Å². The van der Waals surface area contributed by atoms with Crippen LogP contribution in [0.4, 0.5) is 5.69 Å². The Morgan fingerprint density at radius 1 is 1.28 bits per heavy atom. The van der Waals surface area contributed by atoms with E-state index >= 15 is 0 Å². The maximum absolute atomic E-state index is 10.8. The monoisotopic (exact) mass is 244 g/mol. The summed E-state index contributed by atoms with van der Waals surface area (Å²) in [6, 6.07) is 8.05. The Balaban J connectivity index is 2.22. The summed E-state index contributed by atoms with van der Waals surface area (Å²) < 4.78 is 5.51. The molecule has 1 aromatic carbocycles. The molecule has 2 aromatic rings.